The van der Waals surface area contributed by atoms with Crippen molar-refractivity contribution in [2.75, 3.05) is 13.1 Å². The lowest BCUT2D eigenvalue weighted by molar-refractivity contribution is 0.0808. The lowest BCUT2D eigenvalue weighted by Gasteiger charge is -2.44. The molecule has 2 aliphatic carbocycles. The summed E-state index contributed by atoms with van der Waals surface area (Å²) in [5, 5.41) is 3.84. The van der Waals surface area contributed by atoms with E-state index in [0.717, 1.165) is 30.0 Å². The van der Waals surface area contributed by atoms with E-state index in [0.29, 0.717) is 0 Å². The zero-order chi connectivity index (χ0) is 13.8. The first-order chi connectivity index (χ1) is 9.17. The third kappa shape index (κ3) is 3.95. The van der Waals surface area contributed by atoms with Crippen molar-refractivity contribution >= 4 is 0 Å². The summed E-state index contributed by atoms with van der Waals surface area (Å²) in [4.78, 5) is 2.82. The molecule has 3 unspecified atom stereocenters. The maximum absolute atomic E-state index is 3.84. The molecule has 0 aromatic rings. The molecule has 1 N–H and O–H groups in total. The molecular weight excluding hydrogens is 232 g/mol. The lowest BCUT2D eigenvalue weighted by Crippen LogP contribution is -2.54. The second-order valence-corrected chi connectivity index (χ2v) is 7.01. The zero-order valence-electron chi connectivity index (χ0n) is 13.5. The van der Waals surface area contributed by atoms with Gasteiger partial charge in [-0.05, 0) is 63.5 Å². The quantitative estimate of drug-likeness (QED) is 0.756. The van der Waals surface area contributed by atoms with Gasteiger partial charge in [-0.15, -0.1) is 0 Å². The van der Waals surface area contributed by atoms with Gasteiger partial charge in [0, 0.05) is 18.1 Å². The summed E-state index contributed by atoms with van der Waals surface area (Å²) in [5.74, 6) is 1.80. The molecule has 2 rings (SSSR count). The summed E-state index contributed by atoms with van der Waals surface area (Å²) in [6.45, 7) is 11.9. The summed E-state index contributed by atoms with van der Waals surface area (Å²) >= 11 is 0. The summed E-state index contributed by atoms with van der Waals surface area (Å²) < 4.78 is 0. The van der Waals surface area contributed by atoms with Crippen LogP contribution in [0.15, 0.2) is 0 Å². The highest BCUT2D eigenvalue weighted by Crippen LogP contribution is 2.37. The average Bonchev–Trinajstić information content (AvgIpc) is 3.22. The van der Waals surface area contributed by atoms with Gasteiger partial charge in [0.05, 0.1) is 0 Å². The van der Waals surface area contributed by atoms with Crippen molar-refractivity contribution in [1.82, 2.24) is 10.2 Å². The Morgan fingerprint density at radius 3 is 2.37 bits per heavy atom. The van der Waals surface area contributed by atoms with E-state index in [1.165, 1.54) is 51.6 Å². The molecule has 3 atom stereocenters. The normalized spacial score (nSPS) is 32.2. The number of hydrogen-bond donors (Lipinski definition) is 1. The van der Waals surface area contributed by atoms with Crippen molar-refractivity contribution < 1.29 is 0 Å². The van der Waals surface area contributed by atoms with E-state index < -0.39 is 0 Å². The van der Waals surface area contributed by atoms with Crippen LogP contribution in [0.25, 0.3) is 0 Å². The molecule has 0 heterocycles. The Kier molecular flexibility index (Phi) is 5.70. The van der Waals surface area contributed by atoms with E-state index in [9.17, 15) is 0 Å². The monoisotopic (exact) mass is 266 g/mol. The second kappa shape index (κ2) is 7.08. The predicted molar refractivity (Wildman–Crippen MR) is 83.5 cm³/mol. The van der Waals surface area contributed by atoms with Crippen LogP contribution in [0.1, 0.15) is 66.2 Å². The molecule has 2 aliphatic rings. The summed E-state index contributed by atoms with van der Waals surface area (Å²) in [6, 6.07) is 2.45. The Hall–Kier alpha value is -0.0800. The number of nitrogens with zero attached hydrogens (tertiary/aromatic N) is 1. The highest BCUT2D eigenvalue weighted by molar-refractivity contribution is 4.97. The highest BCUT2D eigenvalue weighted by Gasteiger charge is 2.40. The Bertz CT molecular complexity index is 260. The van der Waals surface area contributed by atoms with Gasteiger partial charge in [-0.2, -0.15) is 0 Å². The Morgan fingerprint density at radius 2 is 1.84 bits per heavy atom. The second-order valence-electron chi connectivity index (χ2n) is 7.01. The van der Waals surface area contributed by atoms with E-state index in [1.54, 1.807) is 0 Å². The third-order valence-corrected chi connectivity index (χ3v) is 5.26. The first kappa shape index (κ1) is 15.3. The van der Waals surface area contributed by atoms with Gasteiger partial charge < -0.3 is 5.32 Å². The largest absolute Gasteiger partial charge is 0.312 e. The summed E-state index contributed by atoms with van der Waals surface area (Å²) in [6.07, 6.45) is 8.37. The number of rotatable bonds is 7. The van der Waals surface area contributed by atoms with Crippen LogP contribution in [0, 0.1) is 11.8 Å². The van der Waals surface area contributed by atoms with Crippen molar-refractivity contribution in [3.8, 4) is 0 Å². The Balaban J connectivity index is 2.00. The van der Waals surface area contributed by atoms with Gasteiger partial charge in [-0.3, -0.25) is 4.90 Å². The molecule has 0 aromatic carbocycles. The zero-order valence-corrected chi connectivity index (χ0v) is 13.5. The fraction of sp³-hybridized carbons (Fsp3) is 1.00. The molecule has 2 heteroatoms. The minimum absolute atomic E-state index is 0.746. The van der Waals surface area contributed by atoms with Crippen molar-refractivity contribution in [1.29, 1.82) is 0 Å². The van der Waals surface area contributed by atoms with E-state index in [2.05, 4.69) is 37.9 Å². The molecule has 0 spiro atoms. The molecule has 2 fully saturated rings. The fourth-order valence-electron chi connectivity index (χ4n) is 3.89. The van der Waals surface area contributed by atoms with Crippen LogP contribution < -0.4 is 5.32 Å². The topological polar surface area (TPSA) is 15.3 Å². The van der Waals surface area contributed by atoms with Crippen LogP contribution in [0.3, 0.4) is 0 Å². The lowest BCUT2D eigenvalue weighted by atomic mass is 9.76. The SMILES string of the molecule is CCCNC1CCC(C(C)C)CC1N(CC)C1CC1. The summed E-state index contributed by atoms with van der Waals surface area (Å²) in [5.41, 5.74) is 0. The van der Waals surface area contributed by atoms with E-state index in [4.69, 9.17) is 0 Å². The molecule has 0 aliphatic heterocycles. The molecule has 2 saturated carbocycles. The molecular formula is C17H34N2. The minimum atomic E-state index is 0.746. The molecule has 0 saturated heterocycles. The van der Waals surface area contributed by atoms with Crippen molar-refractivity contribution in [2.45, 2.75) is 84.3 Å². The van der Waals surface area contributed by atoms with Crippen LogP contribution in [-0.4, -0.2) is 36.1 Å². The maximum Gasteiger partial charge on any atom is 0.0254 e. The third-order valence-electron chi connectivity index (χ3n) is 5.26. The van der Waals surface area contributed by atoms with E-state index in [1.807, 2.05) is 0 Å². The van der Waals surface area contributed by atoms with E-state index in [-0.39, 0.29) is 0 Å². The minimum Gasteiger partial charge on any atom is -0.312 e. The standard InChI is InChI=1S/C17H34N2/c1-5-11-18-16-10-7-14(13(3)4)12-17(16)19(6-2)15-8-9-15/h13-18H,5-12H2,1-4H3. The maximum atomic E-state index is 3.84. The van der Waals surface area contributed by atoms with Gasteiger partial charge in [0.25, 0.3) is 0 Å². The molecule has 19 heavy (non-hydrogen) atoms. The van der Waals surface area contributed by atoms with Gasteiger partial charge in [0.1, 0.15) is 0 Å². The van der Waals surface area contributed by atoms with Gasteiger partial charge in [0.2, 0.25) is 0 Å². The van der Waals surface area contributed by atoms with Gasteiger partial charge in [0.15, 0.2) is 0 Å². The van der Waals surface area contributed by atoms with Crippen LogP contribution in [0.2, 0.25) is 0 Å². The van der Waals surface area contributed by atoms with E-state index >= 15 is 0 Å². The Morgan fingerprint density at radius 1 is 1.11 bits per heavy atom. The average molecular weight is 266 g/mol. The van der Waals surface area contributed by atoms with Crippen molar-refractivity contribution in [3.63, 3.8) is 0 Å². The van der Waals surface area contributed by atoms with Crippen LogP contribution in [-0.2, 0) is 0 Å². The first-order valence-electron chi connectivity index (χ1n) is 8.66. The van der Waals surface area contributed by atoms with Gasteiger partial charge in [-0.1, -0.05) is 27.7 Å². The molecule has 0 amide bonds. The molecule has 2 nitrogen and oxygen atoms in total. The highest BCUT2D eigenvalue weighted by atomic mass is 15.2. The predicted octanol–water partition coefficient (Wildman–Crippen LogP) is 3.66. The van der Waals surface area contributed by atoms with Crippen LogP contribution in [0.4, 0.5) is 0 Å². The number of hydrogen-bond acceptors (Lipinski definition) is 2. The molecule has 112 valence electrons. The Labute approximate surface area is 120 Å². The smallest absolute Gasteiger partial charge is 0.0254 e. The molecule has 0 aromatic heterocycles. The van der Waals surface area contributed by atoms with Crippen molar-refractivity contribution in [3.05, 3.63) is 0 Å². The van der Waals surface area contributed by atoms with Crippen molar-refractivity contribution in [2.24, 2.45) is 11.8 Å². The van der Waals surface area contributed by atoms with Crippen LogP contribution >= 0.6 is 0 Å². The number of nitrogens with one attached hydrogen (secondary N) is 1. The number of likely N-dealkylation sites (N-methyl/N-ethyl adjacent to an activating group) is 1. The summed E-state index contributed by atoms with van der Waals surface area (Å²) in [7, 11) is 0. The van der Waals surface area contributed by atoms with Crippen LogP contribution in [0.5, 0.6) is 0 Å². The first-order valence-corrected chi connectivity index (χ1v) is 8.66. The molecule has 0 radical (unpaired) electrons. The molecule has 0 bridgehead atoms. The van der Waals surface area contributed by atoms with Gasteiger partial charge >= 0.3 is 0 Å². The van der Waals surface area contributed by atoms with Gasteiger partial charge in [-0.25, -0.2) is 0 Å². The fourth-order valence-corrected chi connectivity index (χ4v) is 3.89.